The zero-order chi connectivity index (χ0) is 9.52. The number of allylic oxidation sites excluding steroid dienone is 1. The summed E-state index contributed by atoms with van der Waals surface area (Å²) in [5.41, 5.74) is 1.61. The molecule has 1 heteroatoms. The van der Waals surface area contributed by atoms with E-state index < -0.39 is 0 Å². The lowest BCUT2D eigenvalue weighted by molar-refractivity contribution is 0.612. The van der Waals surface area contributed by atoms with E-state index in [4.69, 9.17) is 6.42 Å². The van der Waals surface area contributed by atoms with Crippen LogP contribution in [0.4, 0.5) is 0 Å². The van der Waals surface area contributed by atoms with Crippen LogP contribution in [0.5, 0.6) is 0 Å². The Balaban J connectivity index is 2.12. The summed E-state index contributed by atoms with van der Waals surface area (Å²) in [7, 11) is 0. The molecule has 1 unspecified atom stereocenters. The smallest absolute Gasteiger partial charge is 0.0658 e. The topological polar surface area (TPSA) is 12.0 Å². The first-order chi connectivity index (χ1) is 6.33. The lowest BCUT2D eigenvalue weighted by Gasteiger charge is -2.13. The largest absolute Gasteiger partial charge is 0.304 e. The number of rotatable bonds is 4. The van der Waals surface area contributed by atoms with Crippen molar-refractivity contribution in [3.05, 3.63) is 11.6 Å². The van der Waals surface area contributed by atoms with Gasteiger partial charge in [0.15, 0.2) is 0 Å². The first-order valence-corrected chi connectivity index (χ1v) is 5.20. The number of terminal acetylenes is 1. The van der Waals surface area contributed by atoms with Gasteiger partial charge in [0.2, 0.25) is 0 Å². The molecule has 0 aromatic carbocycles. The molecule has 0 bridgehead atoms. The molecular formula is C12H19N. The second-order valence-electron chi connectivity index (χ2n) is 3.70. The van der Waals surface area contributed by atoms with Crippen LogP contribution in [0.3, 0.4) is 0 Å². The standard InChI is InChI=1S/C12H19N/c1-3-11(2)13-10-9-12-7-5-4-6-8-12/h1,7,11,13H,4-6,8-10H2,2H3. The molecule has 13 heavy (non-hydrogen) atoms. The lowest BCUT2D eigenvalue weighted by Crippen LogP contribution is -2.25. The van der Waals surface area contributed by atoms with Crippen molar-refractivity contribution in [3.8, 4) is 12.3 Å². The fraction of sp³-hybridized carbons (Fsp3) is 0.667. The van der Waals surface area contributed by atoms with E-state index in [1.54, 1.807) is 5.57 Å². The van der Waals surface area contributed by atoms with Gasteiger partial charge in [-0.25, -0.2) is 0 Å². The lowest BCUT2D eigenvalue weighted by atomic mass is 9.97. The van der Waals surface area contributed by atoms with E-state index in [-0.39, 0.29) is 6.04 Å². The van der Waals surface area contributed by atoms with Crippen LogP contribution in [0.1, 0.15) is 39.0 Å². The molecule has 0 amide bonds. The molecule has 0 aromatic rings. The predicted octanol–water partition coefficient (Wildman–Crippen LogP) is 2.49. The highest BCUT2D eigenvalue weighted by Crippen LogP contribution is 2.19. The first kappa shape index (κ1) is 10.3. The maximum atomic E-state index is 5.26. The van der Waals surface area contributed by atoms with Crippen molar-refractivity contribution in [2.75, 3.05) is 6.54 Å². The third-order valence-corrected chi connectivity index (χ3v) is 2.53. The molecule has 0 fully saturated rings. The molecule has 1 N–H and O–H groups in total. The summed E-state index contributed by atoms with van der Waals surface area (Å²) >= 11 is 0. The Bertz CT molecular complexity index is 210. The van der Waals surface area contributed by atoms with Gasteiger partial charge in [-0.15, -0.1) is 6.42 Å². The second-order valence-corrected chi connectivity index (χ2v) is 3.70. The van der Waals surface area contributed by atoms with E-state index in [1.165, 1.54) is 32.1 Å². The highest BCUT2D eigenvalue weighted by molar-refractivity contribution is 5.05. The minimum Gasteiger partial charge on any atom is -0.304 e. The zero-order valence-corrected chi connectivity index (χ0v) is 8.47. The molecule has 0 saturated carbocycles. The number of nitrogens with one attached hydrogen (secondary N) is 1. The molecule has 1 atom stereocenters. The van der Waals surface area contributed by atoms with Crippen molar-refractivity contribution < 1.29 is 0 Å². The Morgan fingerprint density at radius 1 is 1.62 bits per heavy atom. The van der Waals surface area contributed by atoms with Crippen molar-refractivity contribution in [1.29, 1.82) is 0 Å². The molecular weight excluding hydrogens is 158 g/mol. The van der Waals surface area contributed by atoms with Gasteiger partial charge in [-0.1, -0.05) is 17.6 Å². The van der Waals surface area contributed by atoms with Crippen LogP contribution in [-0.4, -0.2) is 12.6 Å². The Labute approximate surface area is 81.6 Å². The van der Waals surface area contributed by atoms with Crippen LogP contribution in [0.15, 0.2) is 11.6 Å². The predicted molar refractivity (Wildman–Crippen MR) is 57.5 cm³/mol. The van der Waals surface area contributed by atoms with Crippen LogP contribution >= 0.6 is 0 Å². The van der Waals surface area contributed by atoms with Gasteiger partial charge in [0, 0.05) is 0 Å². The van der Waals surface area contributed by atoms with E-state index >= 15 is 0 Å². The maximum absolute atomic E-state index is 5.26. The van der Waals surface area contributed by atoms with Crippen molar-refractivity contribution in [2.24, 2.45) is 0 Å². The van der Waals surface area contributed by atoms with E-state index in [0.29, 0.717) is 0 Å². The van der Waals surface area contributed by atoms with Gasteiger partial charge in [-0.05, 0) is 45.6 Å². The van der Waals surface area contributed by atoms with E-state index in [1.807, 2.05) is 6.92 Å². The minimum atomic E-state index is 0.212. The van der Waals surface area contributed by atoms with Gasteiger partial charge in [0.05, 0.1) is 6.04 Å². The van der Waals surface area contributed by atoms with Crippen LogP contribution < -0.4 is 5.32 Å². The Morgan fingerprint density at radius 2 is 2.46 bits per heavy atom. The van der Waals surface area contributed by atoms with Crippen molar-refractivity contribution in [2.45, 2.75) is 45.1 Å². The zero-order valence-electron chi connectivity index (χ0n) is 8.47. The van der Waals surface area contributed by atoms with Crippen molar-refractivity contribution in [3.63, 3.8) is 0 Å². The van der Waals surface area contributed by atoms with Crippen LogP contribution in [0.25, 0.3) is 0 Å². The van der Waals surface area contributed by atoms with E-state index in [0.717, 1.165) is 6.54 Å². The summed E-state index contributed by atoms with van der Waals surface area (Å²) in [5.74, 6) is 2.67. The SMILES string of the molecule is C#CC(C)NCCC1=CCCCC1. The molecule has 1 aliphatic carbocycles. The van der Waals surface area contributed by atoms with Gasteiger partial charge in [0.1, 0.15) is 0 Å². The van der Waals surface area contributed by atoms with Crippen molar-refractivity contribution in [1.82, 2.24) is 5.32 Å². The van der Waals surface area contributed by atoms with Crippen LogP contribution in [0.2, 0.25) is 0 Å². The second kappa shape index (κ2) is 5.83. The quantitative estimate of drug-likeness (QED) is 0.514. The molecule has 0 heterocycles. The van der Waals surface area contributed by atoms with Gasteiger partial charge < -0.3 is 5.32 Å². The van der Waals surface area contributed by atoms with E-state index in [9.17, 15) is 0 Å². The Morgan fingerprint density at radius 3 is 3.08 bits per heavy atom. The van der Waals surface area contributed by atoms with Gasteiger partial charge in [0.25, 0.3) is 0 Å². The van der Waals surface area contributed by atoms with Gasteiger partial charge >= 0.3 is 0 Å². The summed E-state index contributed by atoms with van der Waals surface area (Å²) < 4.78 is 0. The first-order valence-electron chi connectivity index (χ1n) is 5.20. The summed E-state index contributed by atoms with van der Waals surface area (Å²) in [5, 5.41) is 3.30. The monoisotopic (exact) mass is 177 g/mol. The van der Waals surface area contributed by atoms with Crippen LogP contribution in [0, 0.1) is 12.3 Å². The highest BCUT2D eigenvalue weighted by atomic mass is 14.9. The summed E-state index contributed by atoms with van der Waals surface area (Å²) in [6, 6.07) is 0.212. The molecule has 0 aliphatic heterocycles. The molecule has 0 aromatic heterocycles. The fourth-order valence-electron chi connectivity index (χ4n) is 1.64. The Hall–Kier alpha value is -0.740. The molecule has 1 rings (SSSR count). The molecule has 1 nitrogen and oxygen atoms in total. The third kappa shape index (κ3) is 4.15. The number of hydrogen-bond acceptors (Lipinski definition) is 1. The maximum Gasteiger partial charge on any atom is 0.0658 e. The molecule has 1 aliphatic rings. The molecule has 72 valence electrons. The molecule has 0 radical (unpaired) electrons. The Kier molecular flexibility index (Phi) is 4.64. The highest BCUT2D eigenvalue weighted by Gasteiger charge is 2.03. The molecule has 0 saturated heterocycles. The van der Waals surface area contributed by atoms with Crippen LogP contribution in [-0.2, 0) is 0 Å². The van der Waals surface area contributed by atoms with E-state index in [2.05, 4.69) is 17.3 Å². The van der Waals surface area contributed by atoms with Crippen molar-refractivity contribution >= 4 is 0 Å². The average molecular weight is 177 g/mol. The average Bonchev–Trinajstić information content (AvgIpc) is 2.19. The molecule has 0 spiro atoms. The third-order valence-electron chi connectivity index (χ3n) is 2.53. The summed E-state index contributed by atoms with van der Waals surface area (Å²) in [4.78, 5) is 0. The number of hydrogen-bond donors (Lipinski definition) is 1. The minimum absolute atomic E-state index is 0.212. The summed E-state index contributed by atoms with van der Waals surface area (Å²) in [6.45, 7) is 3.05. The van der Waals surface area contributed by atoms with Gasteiger partial charge in [-0.2, -0.15) is 0 Å². The fourth-order valence-corrected chi connectivity index (χ4v) is 1.64. The summed E-state index contributed by atoms with van der Waals surface area (Å²) in [6.07, 6.45) is 14.2. The van der Waals surface area contributed by atoms with Gasteiger partial charge in [-0.3, -0.25) is 0 Å². The normalized spacial score (nSPS) is 18.9.